The Morgan fingerprint density at radius 1 is 0.828 bits per heavy atom. The van der Waals surface area contributed by atoms with Crippen molar-refractivity contribution >= 4 is 80.2 Å². The molecule has 2 saturated heterocycles. The Labute approximate surface area is 391 Å². The molecule has 0 aliphatic carbocycles. The average Bonchev–Trinajstić information content (AvgIpc) is 4.00. The van der Waals surface area contributed by atoms with Crippen LogP contribution in [0.4, 0.5) is 5.13 Å². The summed E-state index contributed by atoms with van der Waals surface area (Å²) in [6.45, 7) is 0.409. The van der Waals surface area contributed by atoms with Crippen LogP contribution in [-0.2, 0) is 34.3 Å². The van der Waals surface area contributed by atoms with Crippen LogP contribution in [0.1, 0.15) is 46.0 Å². The van der Waals surface area contributed by atoms with Crippen molar-refractivity contribution in [3.05, 3.63) is 202 Å². The Bertz CT molecular complexity index is 2570. The number of β-lactam (4-membered cyclic amide) rings is 1. The zero-order valence-corrected chi connectivity index (χ0v) is 37.9. The Morgan fingerprint density at radius 3 is 1.89 bits per heavy atom. The number of hydrogen-bond donors (Lipinski definition) is 3. The molecule has 3 aliphatic heterocycles. The van der Waals surface area contributed by atoms with Crippen molar-refractivity contribution in [2.45, 2.75) is 35.6 Å². The van der Waals surface area contributed by atoms with Crippen LogP contribution < -0.4 is 16.0 Å². The fourth-order valence-corrected chi connectivity index (χ4v) is 11.2. The number of amides is 3. The standard InChI is InChI=1S/C49H41IN6O6S2/c50-28-33-29-63-46-40(45(59)56(46)41(33)47(60)61-42(31-16-6-1-7-17-31)32-18-8-2-9-19-32)53-44(58)39(55-62-38-26-27-51-43(38)57)37-30-64-48(52-37)54-49(34-20-10-3-11-21-34,35-22-12-4-13-23-35)36-24-14-5-15-25-36/h1-25,30,38,40,42,46H,26-29H2,(H,51,57)(H,52,54)(H,53,58)/t38?,40-,46-/m1/s1. The van der Waals surface area contributed by atoms with Gasteiger partial charge in [0.25, 0.3) is 17.7 Å². The summed E-state index contributed by atoms with van der Waals surface area (Å²) >= 11 is 4.92. The molecule has 3 atom stereocenters. The number of alkyl halides is 1. The number of carbonyl (C=O) groups is 4. The van der Waals surface area contributed by atoms with Crippen molar-refractivity contribution in [1.29, 1.82) is 0 Å². The van der Waals surface area contributed by atoms with Crippen LogP contribution in [0.5, 0.6) is 0 Å². The zero-order valence-electron chi connectivity index (χ0n) is 34.1. The Balaban J connectivity index is 0.999. The third-order valence-electron chi connectivity index (χ3n) is 11.3. The summed E-state index contributed by atoms with van der Waals surface area (Å²) in [4.78, 5) is 67.4. The van der Waals surface area contributed by atoms with Crippen molar-refractivity contribution in [1.82, 2.24) is 20.5 Å². The molecule has 2 fully saturated rings. The Morgan fingerprint density at radius 2 is 1.38 bits per heavy atom. The van der Waals surface area contributed by atoms with Crippen LogP contribution in [-0.4, -0.2) is 73.5 Å². The lowest BCUT2D eigenvalue weighted by Crippen LogP contribution is -2.71. The number of fused-ring (bicyclic) bond motifs is 1. The summed E-state index contributed by atoms with van der Waals surface area (Å²) in [5.41, 5.74) is 4.47. The molecule has 3 aliphatic rings. The van der Waals surface area contributed by atoms with Gasteiger partial charge >= 0.3 is 5.97 Å². The summed E-state index contributed by atoms with van der Waals surface area (Å²) < 4.78 is 6.74. The van der Waals surface area contributed by atoms with Gasteiger partial charge in [-0.05, 0) is 33.4 Å². The minimum Gasteiger partial charge on any atom is -0.448 e. The second kappa shape index (κ2) is 19.2. The highest BCUT2D eigenvalue weighted by Crippen LogP contribution is 2.43. The minimum atomic E-state index is -1.01. The number of thiazole rings is 1. The number of nitrogens with one attached hydrogen (secondary N) is 3. The first kappa shape index (κ1) is 43.0. The summed E-state index contributed by atoms with van der Waals surface area (Å²) in [7, 11) is 0. The normalized spacial score (nSPS) is 18.5. The van der Waals surface area contributed by atoms with Gasteiger partial charge in [-0.2, -0.15) is 0 Å². The van der Waals surface area contributed by atoms with E-state index in [0.717, 1.165) is 33.4 Å². The molecule has 4 heterocycles. The number of oxime groups is 1. The van der Waals surface area contributed by atoms with Crippen molar-refractivity contribution in [3.8, 4) is 0 Å². The topological polar surface area (TPSA) is 151 Å². The number of nitrogens with zero attached hydrogens (tertiary/aromatic N) is 3. The maximum atomic E-state index is 14.4. The third kappa shape index (κ3) is 8.54. The Kier molecular flexibility index (Phi) is 12.9. The van der Waals surface area contributed by atoms with Crippen molar-refractivity contribution in [2.24, 2.45) is 5.16 Å². The highest BCUT2D eigenvalue weighted by molar-refractivity contribution is 14.1. The molecule has 9 rings (SSSR count). The first-order chi connectivity index (χ1) is 31.4. The highest BCUT2D eigenvalue weighted by Gasteiger charge is 2.55. The lowest BCUT2D eigenvalue weighted by atomic mass is 9.77. The number of thioether (sulfide) groups is 1. The highest BCUT2D eigenvalue weighted by atomic mass is 127. The quantitative estimate of drug-likeness (QED) is 0.0180. The molecular formula is C49H41IN6O6S2. The zero-order chi connectivity index (χ0) is 44.0. The molecule has 0 bridgehead atoms. The van der Waals surface area contributed by atoms with Gasteiger partial charge in [0.05, 0.1) is 0 Å². The summed E-state index contributed by atoms with van der Waals surface area (Å²) in [5.74, 6) is -1.72. The molecular weight excluding hydrogens is 960 g/mol. The molecule has 15 heteroatoms. The van der Waals surface area contributed by atoms with E-state index in [0.29, 0.717) is 28.3 Å². The monoisotopic (exact) mass is 1000 g/mol. The number of ether oxygens (including phenoxy) is 1. The molecule has 12 nitrogen and oxygen atoms in total. The van der Waals surface area contributed by atoms with Gasteiger partial charge in [-0.15, -0.1) is 23.1 Å². The van der Waals surface area contributed by atoms with Gasteiger partial charge in [0.1, 0.15) is 28.3 Å². The maximum Gasteiger partial charge on any atom is 0.356 e. The van der Waals surface area contributed by atoms with E-state index >= 15 is 0 Å². The van der Waals surface area contributed by atoms with Gasteiger partial charge in [-0.1, -0.05) is 179 Å². The minimum absolute atomic E-state index is 0.177. The first-order valence-electron chi connectivity index (χ1n) is 20.6. The fraction of sp³-hybridized carbons (Fsp3) is 0.184. The van der Waals surface area contributed by atoms with E-state index in [1.807, 2.05) is 115 Å². The molecule has 3 N–H and O–H groups in total. The number of rotatable bonds is 15. The van der Waals surface area contributed by atoms with E-state index in [9.17, 15) is 19.2 Å². The number of aromatic nitrogens is 1. The largest absolute Gasteiger partial charge is 0.448 e. The van der Waals surface area contributed by atoms with E-state index in [4.69, 9.17) is 14.6 Å². The summed E-state index contributed by atoms with van der Waals surface area (Å²) in [5, 5.41) is 15.1. The van der Waals surface area contributed by atoms with E-state index < -0.39 is 46.9 Å². The van der Waals surface area contributed by atoms with Crippen LogP contribution in [0.25, 0.3) is 0 Å². The maximum absolute atomic E-state index is 14.4. The molecule has 64 heavy (non-hydrogen) atoms. The molecule has 3 amide bonds. The Hall–Kier alpha value is -6.30. The van der Waals surface area contributed by atoms with Gasteiger partial charge in [0.15, 0.2) is 16.9 Å². The van der Waals surface area contributed by atoms with Crippen LogP contribution in [0.3, 0.4) is 0 Å². The lowest BCUT2D eigenvalue weighted by molar-refractivity contribution is -0.154. The second-order valence-corrected chi connectivity index (χ2v) is 17.9. The molecule has 0 radical (unpaired) electrons. The lowest BCUT2D eigenvalue weighted by Gasteiger charge is -2.49. The second-order valence-electron chi connectivity index (χ2n) is 15.2. The van der Waals surface area contributed by atoms with Crippen molar-refractivity contribution < 1.29 is 28.8 Å². The number of hydrogen-bond acceptors (Lipinski definition) is 11. The van der Waals surface area contributed by atoms with E-state index in [2.05, 4.69) is 80.1 Å². The van der Waals surface area contributed by atoms with Gasteiger partial charge < -0.3 is 25.5 Å². The summed E-state index contributed by atoms with van der Waals surface area (Å²) in [6.07, 6.45) is -1.26. The van der Waals surface area contributed by atoms with Crippen LogP contribution in [0.15, 0.2) is 173 Å². The van der Waals surface area contributed by atoms with Crippen LogP contribution >= 0.6 is 45.7 Å². The van der Waals surface area contributed by atoms with Crippen molar-refractivity contribution in [2.75, 3.05) is 22.0 Å². The summed E-state index contributed by atoms with van der Waals surface area (Å²) in [6, 6.07) is 48.1. The van der Waals surface area contributed by atoms with Gasteiger partial charge in [0, 0.05) is 28.5 Å². The number of carbonyl (C=O) groups excluding carboxylic acids is 4. The smallest absolute Gasteiger partial charge is 0.356 e. The van der Waals surface area contributed by atoms with Gasteiger partial charge in [-0.25, -0.2) is 9.78 Å². The molecule has 322 valence electrons. The average molecular weight is 1000 g/mol. The molecule has 1 aromatic heterocycles. The van der Waals surface area contributed by atoms with Gasteiger partial charge in [-0.3, -0.25) is 19.3 Å². The SMILES string of the molecule is O=C(N[C@@H]1C(=O)N2C(C(=O)OC(c3ccccc3)c3ccccc3)=C(CI)CS[C@H]12)C(=NOC1CCNC1=O)c1csc(NC(c2ccccc2)(c2ccccc2)c2ccccc2)n1. The fourth-order valence-electron chi connectivity index (χ4n) is 8.11. The van der Waals surface area contributed by atoms with E-state index in [-0.39, 0.29) is 23.0 Å². The molecule has 0 saturated carbocycles. The van der Waals surface area contributed by atoms with E-state index in [1.165, 1.54) is 28.0 Å². The van der Waals surface area contributed by atoms with Crippen LogP contribution in [0.2, 0.25) is 0 Å². The molecule has 0 spiro atoms. The van der Waals surface area contributed by atoms with Gasteiger partial charge in [0.2, 0.25) is 6.10 Å². The first-order valence-corrected chi connectivity index (χ1v) is 24.1. The molecule has 6 aromatic rings. The van der Waals surface area contributed by atoms with Crippen molar-refractivity contribution in [3.63, 3.8) is 0 Å². The molecule has 1 unspecified atom stereocenters. The molecule has 5 aromatic carbocycles. The number of anilines is 1. The predicted octanol–water partition coefficient (Wildman–Crippen LogP) is 7.58. The van der Waals surface area contributed by atoms with E-state index in [1.54, 1.807) is 5.38 Å². The third-order valence-corrected chi connectivity index (χ3v) is 14.3. The number of benzene rings is 5. The predicted molar refractivity (Wildman–Crippen MR) is 256 cm³/mol. The van der Waals surface area contributed by atoms with Crippen LogP contribution in [0, 0.1) is 0 Å². The number of esters is 1. The number of halogens is 1.